The summed E-state index contributed by atoms with van der Waals surface area (Å²) >= 11 is 0. The fourth-order valence-corrected chi connectivity index (χ4v) is 2.19. The monoisotopic (exact) mass is 297 g/mol. The summed E-state index contributed by atoms with van der Waals surface area (Å²) in [5, 5.41) is 2.92. The second kappa shape index (κ2) is 5.80. The van der Waals surface area contributed by atoms with E-state index in [1.165, 1.54) is 18.3 Å². The predicted molar refractivity (Wildman–Crippen MR) is 80.5 cm³/mol. The molecule has 1 unspecified atom stereocenters. The molecule has 1 atom stereocenters. The van der Waals surface area contributed by atoms with Gasteiger partial charge in [-0.15, -0.1) is 0 Å². The lowest BCUT2D eigenvalue weighted by Gasteiger charge is -2.14. The van der Waals surface area contributed by atoms with Crippen molar-refractivity contribution in [1.29, 1.82) is 0 Å². The van der Waals surface area contributed by atoms with E-state index in [-0.39, 0.29) is 17.5 Å². The number of hydrogen-bond donors (Lipinski definition) is 2. The largest absolute Gasteiger partial charge is 0.344 e. The van der Waals surface area contributed by atoms with Crippen LogP contribution >= 0.6 is 0 Å². The van der Waals surface area contributed by atoms with Crippen LogP contribution in [-0.4, -0.2) is 25.3 Å². The van der Waals surface area contributed by atoms with E-state index in [2.05, 4.69) is 20.3 Å². The van der Waals surface area contributed by atoms with Gasteiger partial charge in [0.2, 0.25) is 11.3 Å². The van der Waals surface area contributed by atoms with Crippen LogP contribution in [-0.2, 0) is 0 Å². The van der Waals surface area contributed by atoms with Crippen LogP contribution in [0.2, 0.25) is 0 Å². The molecule has 1 amide bonds. The molecule has 0 aromatic carbocycles. The minimum absolute atomic E-state index is 0.221. The van der Waals surface area contributed by atoms with E-state index in [1.54, 1.807) is 6.20 Å². The number of nitrogens with zero attached hydrogens (tertiary/aromatic N) is 3. The Balaban J connectivity index is 1.83. The van der Waals surface area contributed by atoms with Crippen LogP contribution in [0.15, 0.2) is 47.8 Å². The first-order valence-corrected chi connectivity index (χ1v) is 6.96. The molecule has 0 fully saturated rings. The number of H-pyrrole nitrogens is 1. The molecular formula is C15H15N5O2. The van der Waals surface area contributed by atoms with Crippen molar-refractivity contribution in [2.24, 2.45) is 0 Å². The van der Waals surface area contributed by atoms with E-state index in [1.807, 2.05) is 29.8 Å². The van der Waals surface area contributed by atoms with Gasteiger partial charge in [-0.05, 0) is 18.6 Å². The van der Waals surface area contributed by atoms with Gasteiger partial charge in [0.25, 0.3) is 5.91 Å². The number of aromatic nitrogens is 4. The van der Waals surface area contributed by atoms with Crippen LogP contribution in [0.3, 0.4) is 0 Å². The van der Waals surface area contributed by atoms with Crippen molar-refractivity contribution in [3.8, 4) is 0 Å². The maximum absolute atomic E-state index is 12.2. The number of imidazole rings is 1. The molecule has 0 spiro atoms. The highest BCUT2D eigenvalue weighted by atomic mass is 16.2. The number of hydrogen-bond acceptors (Lipinski definition) is 4. The number of pyridine rings is 1. The van der Waals surface area contributed by atoms with Gasteiger partial charge < -0.3 is 10.3 Å². The Morgan fingerprint density at radius 2 is 2.32 bits per heavy atom. The lowest BCUT2D eigenvalue weighted by molar-refractivity contribution is 0.0934. The normalized spacial score (nSPS) is 12.2. The van der Waals surface area contributed by atoms with Crippen LogP contribution < -0.4 is 10.9 Å². The minimum atomic E-state index is -0.256. The summed E-state index contributed by atoms with van der Waals surface area (Å²) in [5.74, 6) is 0.336. The SMILES string of the molecule is CCC(NC(=O)c1ccc(=O)[nH]c1)c1cn2cccnc2n1. The zero-order valence-electron chi connectivity index (χ0n) is 12.0. The zero-order valence-corrected chi connectivity index (χ0v) is 12.0. The molecule has 7 nitrogen and oxygen atoms in total. The second-order valence-electron chi connectivity index (χ2n) is 4.87. The van der Waals surface area contributed by atoms with Crippen LogP contribution in [0.25, 0.3) is 5.78 Å². The molecule has 0 saturated heterocycles. The molecule has 0 saturated carbocycles. The van der Waals surface area contributed by atoms with Crippen molar-refractivity contribution < 1.29 is 4.79 Å². The Kier molecular flexibility index (Phi) is 3.69. The van der Waals surface area contributed by atoms with Gasteiger partial charge in [0.1, 0.15) is 0 Å². The first kappa shape index (κ1) is 14.0. The molecule has 112 valence electrons. The van der Waals surface area contributed by atoms with Crippen molar-refractivity contribution in [2.75, 3.05) is 0 Å². The summed E-state index contributed by atoms with van der Waals surface area (Å²) < 4.78 is 1.81. The summed E-state index contributed by atoms with van der Waals surface area (Å²) in [6.45, 7) is 1.97. The Morgan fingerprint density at radius 3 is 3.00 bits per heavy atom. The molecule has 7 heteroatoms. The quantitative estimate of drug-likeness (QED) is 0.759. The Labute approximate surface area is 126 Å². The van der Waals surface area contributed by atoms with Crippen molar-refractivity contribution >= 4 is 11.7 Å². The number of amides is 1. The third-order valence-corrected chi connectivity index (χ3v) is 3.37. The minimum Gasteiger partial charge on any atom is -0.344 e. The Hall–Kier alpha value is -2.96. The molecule has 0 bridgehead atoms. The molecule has 0 aliphatic heterocycles. The highest BCUT2D eigenvalue weighted by Crippen LogP contribution is 2.16. The lowest BCUT2D eigenvalue weighted by atomic mass is 10.1. The molecule has 3 aromatic rings. The predicted octanol–water partition coefficient (Wildman–Crippen LogP) is 1.30. The Bertz CT molecular complexity index is 814. The van der Waals surface area contributed by atoms with Gasteiger partial charge in [0, 0.05) is 30.9 Å². The summed E-state index contributed by atoms with van der Waals surface area (Å²) in [6, 6.07) is 4.41. The molecule has 22 heavy (non-hydrogen) atoms. The molecule has 0 aliphatic carbocycles. The van der Waals surface area contributed by atoms with Gasteiger partial charge in [-0.1, -0.05) is 6.92 Å². The number of nitrogens with one attached hydrogen (secondary N) is 2. The molecule has 2 N–H and O–H groups in total. The maximum Gasteiger partial charge on any atom is 0.253 e. The fraction of sp³-hybridized carbons (Fsp3) is 0.200. The molecular weight excluding hydrogens is 282 g/mol. The Morgan fingerprint density at radius 1 is 1.45 bits per heavy atom. The smallest absolute Gasteiger partial charge is 0.253 e. The van der Waals surface area contributed by atoms with E-state index < -0.39 is 0 Å². The average Bonchev–Trinajstić information content (AvgIpc) is 2.96. The van der Waals surface area contributed by atoms with Crippen molar-refractivity contribution in [3.63, 3.8) is 0 Å². The van der Waals surface area contributed by atoms with Crippen molar-refractivity contribution in [1.82, 2.24) is 24.7 Å². The molecule has 3 heterocycles. The second-order valence-corrected chi connectivity index (χ2v) is 4.87. The number of aromatic amines is 1. The number of carbonyl (C=O) groups excluding carboxylic acids is 1. The zero-order chi connectivity index (χ0) is 15.5. The van der Waals surface area contributed by atoms with Crippen molar-refractivity contribution in [2.45, 2.75) is 19.4 Å². The molecule has 3 aromatic heterocycles. The first-order chi connectivity index (χ1) is 10.7. The van der Waals surface area contributed by atoms with Crippen LogP contribution in [0, 0.1) is 0 Å². The van der Waals surface area contributed by atoms with E-state index in [0.717, 1.165) is 5.69 Å². The van der Waals surface area contributed by atoms with Crippen LogP contribution in [0.5, 0.6) is 0 Å². The summed E-state index contributed by atoms with van der Waals surface area (Å²) in [7, 11) is 0. The third kappa shape index (κ3) is 2.73. The third-order valence-electron chi connectivity index (χ3n) is 3.37. The van der Waals surface area contributed by atoms with Crippen LogP contribution in [0.4, 0.5) is 0 Å². The number of carbonyl (C=O) groups is 1. The lowest BCUT2D eigenvalue weighted by Crippen LogP contribution is -2.28. The average molecular weight is 297 g/mol. The van der Waals surface area contributed by atoms with Gasteiger partial charge in [-0.3, -0.25) is 14.0 Å². The van der Waals surface area contributed by atoms with E-state index >= 15 is 0 Å². The first-order valence-electron chi connectivity index (χ1n) is 6.96. The summed E-state index contributed by atoms with van der Waals surface area (Å²) in [6.07, 6.45) is 7.47. The van der Waals surface area contributed by atoms with Gasteiger partial charge >= 0.3 is 0 Å². The van der Waals surface area contributed by atoms with Gasteiger partial charge in [0.05, 0.1) is 17.3 Å². The van der Waals surface area contributed by atoms with E-state index in [9.17, 15) is 9.59 Å². The fourth-order valence-electron chi connectivity index (χ4n) is 2.19. The molecule has 3 rings (SSSR count). The highest BCUT2D eigenvalue weighted by molar-refractivity contribution is 5.94. The molecule has 0 aliphatic rings. The van der Waals surface area contributed by atoms with E-state index in [0.29, 0.717) is 17.8 Å². The number of rotatable bonds is 4. The van der Waals surface area contributed by atoms with Crippen LogP contribution in [0.1, 0.15) is 35.4 Å². The van der Waals surface area contributed by atoms with Crippen molar-refractivity contribution in [3.05, 3.63) is 64.6 Å². The van der Waals surface area contributed by atoms with Gasteiger partial charge in [0.15, 0.2) is 0 Å². The standard InChI is InChI=1S/C15H15N5O2/c1-2-11(12-9-20-7-3-6-16-15(20)19-12)18-14(22)10-4-5-13(21)17-8-10/h3-9,11H,2H2,1H3,(H,17,21)(H,18,22). The number of fused-ring (bicyclic) bond motifs is 1. The molecule has 0 radical (unpaired) electrons. The topological polar surface area (TPSA) is 92.2 Å². The van der Waals surface area contributed by atoms with Gasteiger partial charge in [-0.2, -0.15) is 0 Å². The maximum atomic E-state index is 12.2. The summed E-state index contributed by atoms with van der Waals surface area (Å²) in [5.41, 5.74) is 0.911. The van der Waals surface area contributed by atoms with Gasteiger partial charge in [-0.25, -0.2) is 9.97 Å². The highest BCUT2D eigenvalue weighted by Gasteiger charge is 2.17. The summed E-state index contributed by atoms with van der Waals surface area (Å²) in [4.78, 5) is 34.3. The van der Waals surface area contributed by atoms with E-state index in [4.69, 9.17) is 0 Å².